The molecule has 1 aliphatic heterocycles. The first-order valence-electron chi connectivity index (χ1n) is 8.02. The summed E-state index contributed by atoms with van der Waals surface area (Å²) in [5.41, 5.74) is 3.73. The van der Waals surface area contributed by atoms with Gasteiger partial charge in [-0.2, -0.15) is 0 Å². The van der Waals surface area contributed by atoms with Crippen LogP contribution in [-0.4, -0.2) is 21.2 Å². The summed E-state index contributed by atoms with van der Waals surface area (Å²) in [7, 11) is 0. The smallest absolute Gasteiger partial charge is 0.228 e. The maximum atomic E-state index is 12.3. The van der Waals surface area contributed by atoms with Crippen LogP contribution in [0.25, 0.3) is 11.3 Å². The predicted molar refractivity (Wildman–Crippen MR) is 105 cm³/mol. The van der Waals surface area contributed by atoms with E-state index in [1.165, 1.54) is 0 Å². The molecule has 0 fully saturated rings. The number of hydrogen-bond acceptors (Lipinski definition) is 3. The quantitative estimate of drug-likeness (QED) is 0.679. The summed E-state index contributed by atoms with van der Waals surface area (Å²) < 4.78 is 3.16. The molecular formula is C19H16BrN3OS. The molecule has 0 aliphatic carbocycles. The molecule has 3 aromatic rings. The van der Waals surface area contributed by atoms with Crippen LogP contribution in [0.1, 0.15) is 5.56 Å². The minimum atomic E-state index is -0.0295. The highest BCUT2D eigenvalue weighted by Gasteiger charge is 2.15. The highest BCUT2D eigenvalue weighted by Crippen LogP contribution is 2.29. The first-order valence-corrected chi connectivity index (χ1v) is 9.80. The standard InChI is InChI=1S/C19H16BrN3OS/c20-15-5-1-3-13(9-15)10-18(24)21-16-6-2-4-14(11-16)17-12-23-7-8-25-19(23)22-17/h1-6,9,11-12H,7-8,10H2,(H,21,24). The van der Waals surface area contributed by atoms with Crippen molar-refractivity contribution < 1.29 is 4.79 Å². The summed E-state index contributed by atoms with van der Waals surface area (Å²) in [6, 6.07) is 15.6. The molecule has 1 amide bonds. The van der Waals surface area contributed by atoms with Crippen molar-refractivity contribution in [1.82, 2.24) is 9.55 Å². The van der Waals surface area contributed by atoms with Crippen LogP contribution in [0.4, 0.5) is 5.69 Å². The number of amides is 1. The van der Waals surface area contributed by atoms with Gasteiger partial charge in [0.25, 0.3) is 0 Å². The lowest BCUT2D eigenvalue weighted by Gasteiger charge is -2.07. The van der Waals surface area contributed by atoms with Crippen LogP contribution in [0, 0.1) is 0 Å². The first kappa shape index (κ1) is 16.4. The number of aryl methyl sites for hydroxylation is 1. The Bertz CT molecular complexity index is 916. The number of carbonyl (C=O) groups is 1. The number of thioether (sulfide) groups is 1. The number of hydrogen-bond donors (Lipinski definition) is 1. The van der Waals surface area contributed by atoms with Crippen molar-refractivity contribution in [3.8, 4) is 11.3 Å². The number of aromatic nitrogens is 2. The van der Waals surface area contributed by atoms with Crippen molar-refractivity contribution >= 4 is 39.3 Å². The minimum Gasteiger partial charge on any atom is -0.326 e. The van der Waals surface area contributed by atoms with Gasteiger partial charge in [0.15, 0.2) is 5.16 Å². The Morgan fingerprint density at radius 3 is 2.96 bits per heavy atom. The van der Waals surface area contributed by atoms with Gasteiger partial charge >= 0.3 is 0 Å². The lowest BCUT2D eigenvalue weighted by molar-refractivity contribution is -0.115. The summed E-state index contributed by atoms with van der Waals surface area (Å²) in [5.74, 6) is 1.06. The normalized spacial score (nSPS) is 12.8. The SMILES string of the molecule is O=C(Cc1cccc(Br)c1)Nc1cccc(-c2cn3c(n2)SCC3)c1. The summed E-state index contributed by atoms with van der Waals surface area (Å²) in [4.78, 5) is 17.0. The first-order chi connectivity index (χ1) is 12.2. The monoisotopic (exact) mass is 413 g/mol. The number of imidazole rings is 1. The van der Waals surface area contributed by atoms with Gasteiger partial charge in [-0.25, -0.2) is 4.98 Å². The second-order valence-electron chi connectivity index (χ2n) is 5.89. The van der Waals surface area contributed by atoms with Gasteiger partial charge in [-0.1, -0.05) is 52.0 Å². The second kappa shape index (κ2) is 7.06. The molecule has 0 bridgehead atoms. The number of halogens is 1. The maximum absolute atomic E-state index is 12.3. The van der Waals surface area contributed by atoms with E-state index < -0.39 is 0 Å². The lowest BCUT2D eigenvalue weighted by Crippen LogP contribution is -2.14. The molecular weight excluding hydrogens is 398 g/mol. The predicted octanol–water partition coefficient (Wildman–Crippen LogP) is 4.60. The summed E-state index contributed by atoms with van der Waals surface area (Å²) in [6.45, 7) is 1.01. The third kappa shape index (κ3) is 3.80. The fourth-order valence-corrected chi connectivity index (χ4v) is 4.23. The Morgan fingerprint density at radius 1 is 1.24 bits per heavy atom. The largest absolute Gasteiger partial charge is 0.326 e. The fraction of sp³-hybridized carbons (Fsp3) is 0.158. The van der Waals surface area contributed by atoms with Gasteiger partial charge < -0.3 is 9.88 Å². The zero-order valence-electron chi connectivity index (χ0n) is 13.4. The van der Waals surface area contributed by atoms with Crippen molar-refractivity contribution in [2.75, 3.05) is 11.1 Å². The molecule has 4 rings (SSSR count). The topological polar surface area (TPSA) is 46.9 Å². The molecule has 0 unspecified atom stereocenters. The van der Waals surface area contributed by atoms with Crippen molar-refractivity contribution in [1.29, 1.82) is 0 Å². The third-order valence-electron chi connectivity index (χ3n) is 4.00. The molecule has 4 nitrogen and oxygen atoms in total. The average molecular weight is 414 g/mol. The van der Waals surface area contributed by atoms with Gasteiger partial charge in [0, 0.05) is 34.2 Å². The second-order valence-corrected chi connectivity index (χ2v) is 7.86. The molecule has 1 aromatic heterocycles. The van der Waals surface area contributed by atoms with E-state index in [2.05, 4.69) is 37.0 Å². The fourth-order valence-electron chi connectivity index (χ4n) is 2.84. The molecule has 2 aromatic carbocycles. The van der Waals surface area contributed by atoms with Crippen LogP contribution >= 0.6 is 27.7 Å². The Hall–Kier alpha value is -2.05. The number of nitrogens with one attached hydrogen (secondary N) is 1. The van der Waals surface area contributed by atoms with Gasteiger partial charge in [-0.15, -0.1) is 0 Å². The van der Waals surface area contributed by atoms with E-state index in [0.717, 1.165) is 44.4 Å². The van der Waals surface area contributed by atoms with Gasteiger partial charge in [0.1, 0.15) is 0 Å². The number of benzene rings is 2. The van der Waals surface area contributed by atoms with Crippen LogP contribution in [0.15, 0.2) is 64.4 Å². The summed E-state index contributed by atoms with van der Waals surface area (Å²) in [5, 5.41) is 4.04. The molecule has 6 heteroatoms. The Kier molecular flexibility index (Phi) is 4.63. The maximum Gasteiger partial charge on any atom is 0.228 e. The van der Waals surface area contributed by atoms with Crippen LogP contribution in [0.2, 0.25) is 0 Å². The number of anilines is 1. The van der Waals surface area contributed by atoms with Crippen molar-refractivity contribution in [2.45, 2.75) is 18.1 Å². The molecule has 2 heterocycles. The van der Waals surface area contributed by atoms with Gasteiger partial charge in [0.05, 0.1) is 12.1 Å². The van der Waals surface area contributed by atoms with Crippen molar-refractivity contribution in [3.05, 3.63) is 64.8 Å². The van der Waals surface area contributed by atoms with E-state index in [4.69, 9.17) is 0 Å². The van der Waals surface area contributed by atoms with Gasteiger partial charge in [0.2, 0.25) is 5.91 Å². The van der Waals surface area contributed by atoms with E-state index in [1.807, 2.05) is 48.5 Å². The van der Waals surface area contributed by atoms with E-state index in [-0.39, 0.29) is 5.91 Å². The Balaban J connectivity index is 1.48. The molecule has 0 saturated heterocycles. The molecule has 0 atom stereocenters. The molecule has 25 heavy (non-hydrogen) atoms. The van der Waals surface area contributed by atoms with Gasteiger partial charge in [-0.05, 0) is 29.8 Å². The molecule has 1 N–H and O–H groups in total. The lowest BCUT2D eigenvalue weighted by atomic mass is 10.1. The highest BCUT2D eigenvalue weighted by atomic mass is 79.9. The van der Waals surface area contributed by atoms with E-state index in [0.29, 0.717) is 6.42 Å². The van der Waals surface area contributed by atoms with E-state index in [1.54, 1.807) is 11.8 Å². The van der Waals surface area contributed by atoms with Crippen LogP contribution < -0.4 is 5.32 Å². The number of rotatable bonds is 4. The zero-order chi connectivity index (χ0) is 17.2. The molecule has 1 aliphatic rings. The highest BCUT2D eigenvalue weighted by molar-refractivity contribution is 9.10. The third-order valence-corrected chi connectivity index (χ3v) is 5.46. The van der Waals surface area contributed by atoms with E-state index in [9.17, 15) is 4.79 Å². The number of carbonyl (C=O) groups excluding carboxylic acids is 1. The molecule has 126 valence electrons. The number of fused-ring (bicyclic) bond motifs is 1. The summed E-state index contributed by atoms with van der Waals surface area (Å²) >= 11 is 5.21. The molecule has 0 spiro atoms. The average Bonchev–Trinajstić information content (AvgIpc) is 3.16. The zero-order valence-corrected chi connectivity index (χ0v) is 15.8. The molecule has 0 saturated carbocycles. The van der Waals surface area contributed by atoms with Crippen LogP contribution in [-0.2, 0) is 17.8 Å². The Labute approximate surface area is 158 Å². The minimum absolute atomic E-state index is 0.0295. The Morgan fingerprint density at radius 2 is 2.12 bits per heavy atom. The molecule has 0 radical (unpaired) electrons. The van der Waals surface area contributed by atoms with Crippen molar-refractivity contribution in [2.24, 2.45) is 0 Å². The van der Waals surface area contributed by atoms with Crippen LogP contribution in [0.5, 0.6) is 0 Å². The summed E-state index contributed by atoms with van der Waals surface area (Å²) in [6.07, 6.45) is 2.43. The number of nitrogens with zero attached hydrogens (tertiary/aromatic N) is 2. The van der Waals surface area contributed by atoms with E-state index >= 15 is 0 Å². The van der Waals surface area contributed by atoms with Gasteiger partial charge in [-0.3, -0.25) is 4.79 Å². The van der Waals surface area contributed by atoms with Crippen LogP contribution in [0.3, 0.4) is 0 Å². The van der Waals surface area contributed by atoms with Crippen molar-refractivity contribution in [3.63, 3.8) is 0 Å².